The van der Waals surface area contributed by atoms with Crippen LogP contribution in [0.15, 0.2) is 10.2 Å². The van der Waals surface area contributed by atoms with Crippen LogP contribution in [-0.2, 0) is 9.47 Å². The molecule has 3 heteroatoms. The number of unbranched alkanes of at least 4 members (excludes halogenated alkanes) is 2. The van der Waals surface area contributed by atoms with Crippen LogP contribution in [0.2, 0.25) is 0 Å². The molecule has 0 spiro atoms. The third-order valence-electron chi connectivity index (χ3n) is 1.68. The van der Waals surface area contributed by atoms with E-state index in [1.54, 1.807) is 14.2 Å². The van der Waals surface area contributed by atoms with Gasteiger partial charge in [-0.25, -0.2) is 0 Å². The van der Waals surface area contributed by atoms with E-state index in [-0.39, 0.29) is 6.29 Å². The van der Waals surface area contributed by atoms with Crippen LogP contribution >= 0.6 is 22.6 Å². The molecule has 0 radical (unpaired) electrons. The second kappa shape index (κ2) is 9.48. The molecule has 0 heterocycles. The minimum Gasteiger partial charge on any atom is -0.356 e. The molecule has 72 valence electrons. The highest BCUT2D eigenvalue weighted by atomic mass is 127. The van der Waals surface area contributed by atoms with Crippen LogP contribution in [0.4, 0.5) is 0 Å². The zero-order valence-electron chi connectivity index (χ0n) is 7.75. The standard InChI is InChI=1S/C9H17IO2/c1-11-9(12-2)7-5-3-4-6-8-10/h6,8-9H,3-5,7H2,1-2H3/b8-6+. The van der Waals surface area contributed by atoms with Crippen LogP contribution in [0.5, 0.6) is 0 Å². The highest BCUT2D eigenvalue weighted by Crippen LogP contribution is 2.07. The predicted octanol–water partition coefficient (Wildman–Crippen LogP) is 3.11. The zero-order valence-corrected chi connectivity index (χ0v) is 9.91. The van der Waals surface area contributed by atoms with Crippen molar-refractivity contribution in [1.82, 2.24) is 0 Å². The van der Waals surface area contributed by atoms with Crippen molar-refractivity contribution in [2.24, 2.45) is 0 Å². The lowest BCUT2D eigenvalue weighted by Gasteiger charge is -2.11. The van der Waals surface area contributed by atoms with Gasteiger partial charge in [0.15, 0.2) is 6.29 Å². The summed E-state index contributed by atoms with van der Waals surface area (Å²) in [4.78, 5) is 0. The third kappa shape index (κ3) is 7.06. The Morgan fingerprint density at radius 1 is 1.25 bits per heavy atom. The van der Waals surface area contributed by atoms with Crippen molar-refractivity contribution in [1.29, 1.82) is 0 Å². The zero-order chi connectivity index (χ0) is 9.23. The average Bonchev–Trinajstić information content (AvgIpc) is 2.11. The first-order valence-electron chi connectivity index (χ1n) is 4.16. The van der Waals surface area contributed by atoms with Gasteiger partial charge in [0, 0.05) is 14.2 Å². The Balaban J connectivity index is 3.17. The van der Waals surface area contributed by atoms with E-state index < -0.39 is 0 Å². The van der Waals surface area contributed by atoms with E-state index >= 15 is 0 Å². The molecule has 0 aromatic heterocycles. The Bertz CT molecular complexity index is 111. The summed E-state index contributed by atoms with van der Waals surface area (Å²) >= 11 is 2.24. The number of hydrogen-bond acceptors (Lipinski definition) is 2. The number of ether oxygens (including phenoxy) is 2. The Labute approximate surface area is 88.5 Å². The molecule has 0 aliphatic heterocycles. The Morgan fingerprint density at radius 3 is 2.42 bits per heavy atom. The fourth-order valence-corrected chi connectivity index (χ4v) is 1.33. The maximum Gasteiger partial charge on any atom is 0.156 e. The van der Waals surface area contributed by atoms with Crippen LogP contribution in [-0.4, -0.2) is 20.5 Å². The summed E-state index contributed by atoms with van der Waals surface area (Å²) in [5.41, 5.74) is 0. The summed E-state index contributed by atoms with van der Waals surface area (Å²) < 4.78 is 12.2. The van der Waals surface area contributed by atoms with Gasteiger partial charge in [-0.3, -0.25) is 0 Å². The van der Waals surface area contributed by atoms with Gasteiger partial charge in [0.1, 0.15) is 0 Å². The van der Waals surface area contributed by atoms with Gasteiger partial charge in [-0.05, 0) is 29.8 Å². The Morgan fingerprint density at radius 2 is 1.92 bits per heavy atom. The minimum absolute atomic E-state index is 0.0198. The molecule has 2 nitrogen and oxygen atoms in total. The van der Waals surface area contributed by atoms with Gasteiger partial charge in [0.25, 0.3) is 0 Å². The van der Waals surface area contributed by atoms with Crippen LogP contribution in [0, 0.1) is 0 Å². The quantitative estimate of drug-likeness (QED) is 0.406. The van der Waals surface area contributed by atoms with Crippen molar-refractivity contribution in [2.75, 3.05) is 14.2 Å². The average molecular weight is 284 g/mol. The molecule has 0 unspecified atom stereocenters. The van der Waals surface area contributed by atoms with Crippen LogP contribution in [0.1, 0.15) is 25.7 Å². The fraction of sp³-hybridized carbons (Fsp3) is 0.778. The summed E-state index contributed by atoms with van der Waals surface area (Å²) in [6, 6.07) is 0. The normalized spacial score (nSPS) is 11.7. The molecule has 12 heavy (non-hydrogen) atoms. The number of rotatable bonds is 7. The molecule has 0 amide bonds. The maximum atomic E-state index is 5.06. The van der Waals surface area contributed by atoms with Gasteiger partial charge in [-0.1, -0.05) is 28.7 Å². The molecule has 0 saturated carbocycles. The lowest BCUT2D eigenvalue weighted by Crippen LogP contribution is -2.12. The van der Waals surface area contributed by atoms with E-state index in [2.05, 4.69) is 32.7 Å². The molecule has 0 saturated heterocycles. The van der Waals surface area contributed by atoms with Gasteiger partial charge in [0.2, 0.25) is 0 Å². The van der Waals surface area contributed by atoms with Crippen molar-refractivity contribution in [2.45, 2.75) is 32.0 Å². The summed E-state index contributed by atoms with van der Waals surface area (Å²) in [5.74, 6) is 0. The van der Waals surface area contributed by atoms with Gasteiger partial charge in [0.05, 0.1) is 0 Å². The largest absolute Gasteiger partial charge is 0.356 e. The van der Waals surface area contributed by atoms with E-state index in [0.29, 0.717) is 0 Å². The number of allylic oxidation sites excluding steroid dienone is 1. The Kier molecular flexibility index (Phi) is 9.79. The van der Waals surface area contributed by atoms with Crippen molar-refractivity contribution in [3.8, 4) is 0 Å². The van der Waals surface area contributed by atoms with Crippen molar-refractivity contribution in [3.05, 3.63) is 10.2 Å². The molecule has 0 N–H and O–H groups in total. The van der Waals surface area contributed by atoms with Gasteiger partial charge < -0.3 is 9.47 Å². The second-order valence-electron chi connectivity index (χ2n) is 2.55. The molecule has 0 aliphatic rings. The SMILES string of the molecule is COC(CCCC/C=C/I)OC. The smallest absolute Gasteiger partial charge is 0.156 e. The first-order chi connectivity index (χ1) is 5.85. The second-order valence-corrected chi connectivity index (χ2v) is 3.27. The van der Waals surface area contributed by atoms with Gasteiger partial charge >= 0.3 is 0 Å². The lowest BCUT2D eigenvalue weighted by molar-refractivity contribution is -0.107. The molecule has 0 aromatic rings. The van der Waals surface area contributed by atoms with Gasteiger partial charge in [-0.15, -0.1) is 0 Å². The van der Waals surface area contributed by atoms with E-state index in [1.807, 2.05) is 0 Å². The van der Waals surface area contributed by atoms with Crippen LogP contribution in [0.3, 0.4) is 0 Å². The van der Waals surface area contributed by atoms with Crippen LogP contribution < -0.4 is 0 Å². The maximum absolute atomic E-state index is 5.06. The number of halogens is 1. The van der Waals surface area contributed by atoms with E-state index in [0.717, 1.165) is 19.3 Å². The summed E-state index contributed by atoms with van der Waals surface area (Å²) in [6.45, 7) is 0. The first-order valence-corrected chi connectivity index (χ1v) is 5.40. The molecule has 0 aliphatic carbocycles. The highest BCUT2D eigenvalue weighted by Gasteiger charge is 2.02. The van der Waals surface area contributed by atoms with Crippen molar-refractivity contribution >= 4 is 22.6 Å². The lowest BCUT2D eigenvalue weighted by atomic mass is 10.2. The van der Waals surface area contributed by atoms with Crippen molar-refractivity contribution in [3.63, 3.8) is 0 Å². The summed E-state index contributed by atoms with van der Waals surface area (Å²) in [5, 5.41) is 0. The van der Waals surface area contributed by atoms with E-state index in [4.69, 9.17) is 9.47 Å². The molecule has 0 rings (SSSR count). The van der Waals surface area contributed by atoms with Crippen molar-refractivity contribution < 1.29 is 9.47 Å². The molecule has 0 aromatic carbocycles. The molecule has 0 bridgehead atoms. The summed E-state index contributed by atoms with van der Waals surface area (Å²) in [6.07, 6.45) is 6.67. The van der Waals surface area contributed by atoms with E-state index in [9.17, 15) is 0 Å². The van der Waals surface area contributed by atoms with Gasteiger partial charge in [-0.2, -0.15) is 0 Å². The molecule has 0 fully saturated rings. The van der Waals surface area contributed by atoms with Crippen LogP contribution in [0.25, 0.3) is 0 Å². The summed E-state index contributed by atoms with van der Waals surface area (Å²) in [7, 11) is 3.36. The van der Waals surface area contributed by atoms with E-state index in [1.165, 1.54) is 6.42 Å². The highest BCUT2D eigenvalue weighted by molar-refractivity contribution is 14.1. The predicted molar refractivity (Wildman–Crippen MR) is 59.4 cm³/mol. The first kappa shape index (κ1) is 12.4. The monoisotopic (exact) mass is 284 g/mol. The minimum atomic E-state index is -0.0198. The fourth-order valence-electron chi connectivity index (χ4n) is 0.968. The molecular formula is C9H17IO2. The topological polar surface area (TPSA) is 18.5 Å². The Hall–Kier alpha value is 0.390. The molecule has 0 atom stereocenters. The molecular weight excluding hydrogens is 267 g/mol. The number of hydrogen-bond donors (Lipinski definition) is 0. The number of methoxy groups -OCH3 is 2. The third-order valence-corrected chi connectivity index (χ3v) is 2.18.